The number of carbonyl (C=O) groups is 2. The van der Waals surface area contributed by atoms with Crippen LogP contribution in [0, 0.1) is 18.3 Å². The van der Waals surface area contributed by atoms with E-state index in [1.54, 1.807) is 36.0 Å². The third-order valence-corrected chi connectivity index (χ3v) is 9.09. The highest BCUT2D eigenvalue weighted by atomic mass is 32.2. The molecule has 0 atom stereocenters. The van der Waals surface area contributed by atoms with Crippen molar-refractivity contribution in [1.29, 1.82) is 5.26 Å². The second kappa shape index (κ2) is 11.6. The summed E-state index contributed by atoms with van der Waals surface area (Å²) in [7, 11) is -0.699. The number of nitrogens with zero attached hydrogens (tertiary/aromatic N) is 5. The van der Waals surface area contributed by atoms with Crippen molar-refractivity contribution >= 4 is 27.9 Å². The van der Waals surface area contributed by atoms with Crippen LogP contribution in [0.25, 0.3) is 23.0 Å². The Balaban J connectivity index is 1.64. The fourth-order valence-corrected chi connectivity index (χ4v) is 5.63. The van der Waals surface area contributed by atoms with Gasteiger partial charge in [0.25, 0.3) is 11.8 Å². The van der Waals surface area contributed by atoms with E-state index in [4.69, 9.17) is 5.10 Å². The Morgan fingerprint density at radius 3 is 2.16 bits per heavy atom. The Morgan fingerprint density at radius 2 is 1.56 bits per heavy atom. The van der Waals surface area contributed by atoms with Gasteiger partial charge in [0.05, 0.1) is 22.8 Å². The minimum atomic E-state index is -3.63. The number of rotatable bonds is 7. The van der Waals surface area contributed by atoms with Gasteiger partial charge in [-0.3, -0.25) is 14.5 Å². The van der Waals surface area contributed by atoms with Crippen molar-refractivity contribution in [3.05, 3.63) is 118 Å². The Labute approximate surface area is 250 Å². The smallest absolute Gasteiger partial charge is 0.269 e. The molecular weight excluding hydrogens is 562 g/mol. The number of para-hydroxylation sites is 1. The van der Waals surface area contributed by atoms with Crippen molar-refractivity contribution in [3.63, 3.8) is 0 Å². The van der Waals surface area contributed by atoms with E-state index in [1.807, 2.05) is 67.6 Å². The van der Waals surface area contributed by atoms with Crippen molar-refractivity contribution < 1.29 is 18.0 Å². The van der Waals surface area contributed by atoms with Gasteiger partial charge in [0.2, 0.25) is 10.0 Å². The quantitative estimate of drug-likeness (QED) is 0.223. The van der Waals surface area contributed by atoms with E-state index in [2.05, 4.69) is 0 Å². The zero-order valence-corrected chi connectivity index (χ0v) is 25.0. The van der Waals surface area contributed by atoms with E-state index in [9.17, 15) is 23.3 Å². The molecule has 0 saturated carbocycles. The molecule has 0 fully saturated rings. The van der Waals surface area contributed by atoms with Crippen LogP contribution >= 0.6 is 0 Å². The molecule has 0 N–H and O–H groups in total. The largest absolute Gasteiger partial charge is 0.271 e. The molecule has 0 spiro atoms. The van der Waals surface area contributed by atoms with Crippen LogP contribution in [0.4, 0.5) is 0 Å². The molecule has 1 aliphatic heterocycles. The average Bonchev–Trinajstić information content (AvgIpc) is 3.43. The van der Waals surface area contributed by atoms with Gasteiger partial charge in [0, 0.05) is 37.0 Å². The third kappa shape index (κ3) is 5.68. The number of carbonyl (C=O) groups excluding carboxylic acids is 2. The summed E-state index contributed by atoms with van der Waals surface area (Å²) in [6.45, 7) is 3.56. The number of amides is 2. The second-order valence-electron chi connectivity index (χ2n) is 10.4. The summed E-state index contributed by atoms with van der Waals surface area (Å²) in [5.74, 6) is -1.16. The molecule has 3 aromatic carbocycles. The van der Waals surface area contributed by atoms with Gasteiger partial charge in [-0.05, 0) is 55.3 Å². The summed E-state index contributed by atoms with van der Waals surface area (Å²) in [5, 5.41) is 14.7. The van der Waals surface area contributed by atoms with Crippen LogP contribution in [0.3, 0.4) is 0 Å². The van der Waals surface area contributed by atoms with E-state index in [0.29, 0.717) is 16.8 Å². The average molecular weight is 592 g/mol. The summed E-state index contributed by atoms with van der Waals surface area (Å²) >= 11 is 0. The van der Waals surface area contributed by atoms with E-state index in [-0.39, 0.29) is 28.2 Å². The molecule has 43 heavy (non-hydrogen) atoms. The van der Waals surface area contributed by atoms with E-state index in [1.165, 1.54) is 26.2 Å². The predicted octanol–water partition coefficient (Wildman–Crippen LogP) is 4.89. The number of hydrogen-bond donors (Lipinski definition) is 0. The van der Waals surface area contributed by atoms with Crippen LogP contribution in [0.2, 0.25) is 0 Å². The molecule has 2 heterocycles. The Bertz CT molecular complexity index is 1930. The first-order valence-electron chi connectivity index (χ1n) is 13.4. The molecule has 9 nitrogen and oxygen atoms in total. The lowest BCUT2D eigenvalue weighted by Crippen LogP contribution is -2.42. The Hall–Kier alpha value is -5.11. The van der Waals surface area contributed by atoms with Gasteiger partial charge in [0.1, 0.15) is 11.6 Å². The minimum absolute atomic E-state index is 0.0195. The summed E-state index contributed by atoms with van der Waals surface area (Å²) in [6.07, 6.45) is 3.39. The van der Waals surface area contributed by atoms with Gasteiger partial charge in [-0.1, -0.05) is 60.2 Å². The van der Waals surface area contributed by atoms with Crippen molar-refractivity contribution in [3.8, 4) is 23.0 Å². The van der Waals surface area contributed by atoms with Crippen molar-refractivity contribution in [2.24, 2.45) is 0 Å². The molecule has 0 bridgehead atoms. The molecule has 5 rings (SSSR count). The molecule has 0 unspecified atom stereocenters. The zero-order chi connectivity index (χ0) is 30.9. The van der Waals surface area contributed by atoms with E-state index in [0.717, 1.165) is 26.0 Å². The lowest BCUT2D eigenvalue weighted by Gasteiger charge is -2.27. The van der Waals surface area contributed by atoms with Crippen molar-refractivity contribution in [1.82, 2.24) is 19.0 Å². The van der Waals surface area contributed by atoms with Crippen LogP contribution in [-0.2, 0) is 26.2 Å². The molecule has 0 aliphatic carbocycles. The SMILES string of the molecule is CC1=C(C#N)C(=O)N(Cc2ccc(C)cc2)C(=O)/C1=C/c1cn(-c2ccccc2)nc1-c1ccc(S(=O)(=O)N(C)C)cc1. The number of sulfonamides is 1. The number of nitriles is 1. The fraction of sp³-hybridized carbons (Fsp3) is 0.152. The van der Waals surface area contributed by atoms with E-state index < -0.39 is 21.8 Å². The lowest BCUT2D eigenvalue weighted by atomic mass is 9.93. The summed E-state index contributed by atoms with van der Waals surface area (Å²) in [5.41, 5.74) is 4.62. The number of hydrogen-bond acceptors (Lipinski definition) is 6. The van der Waals surface area contributed by atoms with Gasteiger partial charge >= 0.3 is 0 Å². The normalized spacial score (nSPS) is 15.0. The first kappa shape index (κ1) is 29.4. The van der Waals surface area contributed by atoms with E-state index >= 15 is 0 Å². The number of benzene rings is 3. The predicted molar refractivity (Wildman–Crippen MR) is 163 cm³/mol. The number of aromatic nitrogens is 2. The Morgan fingerprint density at radius 1 is 0.907 bits per heavy atom. The fourth-order valence-electron chi connectivity index (χ4n) is 4.73. The van der Waals surface area contributed by atoms with Crippen LogP contribution in [-0.4, -0.2) is 53.3 Å². The molecule has 1 aromatic heterocycles. The standard InChI is InChI=1S/C33H29N5O4S/c1-22-10-12-24(13-11-22)20-37-32(39)29(23(2)30(19-34)33(37)40)18-26-21-38(27-8-6-5-7-9-27)35-31(26)25-14-16-28(17-15-25)43(41,42)36(3)4/h5-18,21H,20H2,1-4H3/b29-18+. The molecular formula is C33H29N5O4S. The highest BCUT2D eigenvalue weighted by molar-refractivity contribution is 7.89. The first-order chi connectivity index (χ1) is 20.5. The molecule has 0 saturated heterocycles. The summed E-state index contributed by atoms with van der Waals surface area (Å²) in [6, 6.07) is 25.2. The third-order valence-electron chi connectivity index (χ3n) is 7.26. The molecule has 10 heteroatoms. The van der Waals surface area contributed by atoms with Gasteiger partial charge in [-0.25, -0.2) is 17.4 Å². The van der Waals surface area contributed by atoms with Gasteiger partial charge in [-0.2, -0.15) is 10.4 Å². The molecule has 2 amide bonds. The van der Waals surface area contributed by atoms with Crippen LogP contribution < -0.4 is 0 Å². The highest BCUT2D eigenvalue weighted by Crippen LogP contribution is 2.32. The van der Waals surface area contributed by atoms with Crippen molar-refractivity contribution in [2.45, 2.75) is 25.3 Å². The maximum atomic E-state index is 13.8. The van der Waals surface area contributed by atoms with Gasteiger partial charge < -0.3 is 0 Å². The minimum Gasteiger partial charge on any atom is -0.269 e. The zero-order valence-electron chi connectivity index (χ0n) is 24.1. The second-order valence-corrected chi connectivity index (χ2v) is 12.5. The first-order valence-corrected chi connectivity index (χ1v) is 14.9. The number of imide groups is 1. The topological polar surface area (TPSA) is 116 Å². The number of aryl methyl sites for hydroxylation is 1. The maximum Gasteiger partial charge on any atom is 0.271 e. The highest BCUT2D eigenvalue weighted by Gasteiger charge is 2.35. The molecule has 1 aliphatic rings. The van der Waals surface area contributed by atoms with Crippen LogP contribution in [0.5, 0.6) is 0 Å². The molecule has 0 radical (unpaired) electrons. The van der Waals surface area contributed by atoms with Crippen LogP contribution in [0.15, 0.2) is 107 Å². The summed E-state index contributed by atoms with van der Waals surface area (Å²) < 4.78 is 28.1. The summed E-state index contributed by atoms with van der Waals surface area (Å²) in [4.78, 5) is 28.3. The van der Waals surface area contributed by atoms with Gasteiger partial charge in [-0.15, -0.1) is 0 Å². The molecule has 4 aromatic rings. The van der Waals surface area contributed by atoms with Gasteiger partial charge in [0.15, 0.2) is 0 Å². The van der Waals surface area contributed by atoms with Crippen molar-refractivity contribution in [2.75, 3.05) is 14.1 Å². The monoisotopic (exact) mass is 591 g/mol. The lowest BCUT2D eigenvalue weighted by molar-refractivity contribution is -0.141. The Kier molecular flexibility index (Phi) is 7.96. The maximum absolute atomic E-state index is 13.8. The van der Waals surface area contributed by atoms with Crippen LogP contribution in [0.1, 0.15) is 23.6 Å². The molecule has 216 valence electrons.